The molecule has 39 nitrogen and oxygen atoms in total. The lowest BCUT2D eigenvalue weighted by Crippen LogP contribution is -2.57. The molecule has 0 unspecified atom stereocenters. The Labute approximate surface area is 761 Å². The fourth-order valence-electron chi connectivity index (χ4n) is 16.0. The van der Waals surface area contributed by atoms with Gasteiger partial charge in [-0.2, -0.15) is 26.7 Å². The summed E-state index contributed by atoms with van der Waals surface area (Å²) >= 11 is 1.20. The first-order valence-electron chi connectivity index (χ1n) is 43.4. The molecule has 6 aromatic carbocycles. The second-order valence-corrected chi connectivity index (χ2v) is 33.9. The number of carboxylic acids is 1. The number of fused-ring (bicyclic) bond motifs is 5. The number of hydrogen-bond acceptors (Lipinski definition) is 27. The number of thioether (sulfide) groups is 1. The van der Waals surface area contributed by atoms with Gasteiger partial charge in [0.15, 0.2) is 5.43 Å². The first kappa shape index (κ1) is 94.8. The smallest absolute Gasteiger partial charge is 0.336 e. The van der Waals surface area contributed by atoms with Gasteiger partial charge in [-0.05, 0) is 191 Å². The number of amides is 12. The fraction of sp³-hybridized carbons (Fsp3) is 0.359. The number of phenolic OH excluding ortho intramolecular Hbond substituents is 2. The Morgan fingerprint density at radius 2 is 1.16 bits per heavy atom. The second kappa shape index (κ2) is 43.5. The van der Waals surface area contributed by atoms with Gasteiger partial charge in [0.05, 0.1) is 24.2 Å². The molecule has 6 heterocycles. The van der Waals surface area contributed by atoms with Crippen molar-refractivity contribution in [2.45, 2.75) is 133 Å². The minimum Gasteiger partial charge on any atom is -0.508 e. The van der Waals surface area contributed by atoms with Crippen molar-refractivity contribution < 1.29 is 86.8 Å². The molecule has 0 saturated carbocycles. The minimum atomic E-state index is -1.32. The number of piperidine rings is 2. The zero-order chi connectivity index (χ0) is 94.0. The maximum Gasteiger partial charge on any atom is 0.336 e. The molecule has 0 spiro atoms. The van der Waals surface area contributed by atoms with Crippen LogP contribution in [0.4, 0.5) is 40.6 Å². The molecular weight excluding hydrogens is 1720 g/mol. The number of phenols is 2. The molecule has 692 valence electrons. The summed E-state index contributed by atoms with van der Waals surface area (Å²) in [6.07, 6.45) is 3.64. The van der Waals surface area contributed by atoms with Crippen LogP contribution in [0.1, 0.15) is 143 Å². The van der Waals surface area contributed by atoms with Gasteiger partial charge in [-0.3, -0.25) is 62.3 Å². The van der Waals surface area contributed by atoms with E-state index in [1.807, 2.05) is 16.7 Å². The molecule has 7 aromatic rings. The molecule has 5 aliphatic heterocycles. The number of anilines is 7. The molecule has 0 radical (unpaired) electrons. The van der Waals surface area contributed by atoms with Gasteiger partial charge < -0.3 is 116 Å². The standard InChI is InChI=1S/C92H104N20O19S/c1-3-48(2)78-88(127)103-68(9-5-7-31-94)85(124)104-69-37-52(79(95)118)12-13-53(69)45-130-72-25-17-56(40-66(72)84(123)107-78)100-76(117)44-98-82(121)51-28-34-112(35-29-51)92-109-90(101-57-16-22-61(65(39-57)89(128)129)77-62-23-20-59(114)41-73(62)131-74-42-60(115)21-24-63(74)77)108-91(110-92)111-32-26-50(27-33-111)81(120)97-43-75(116)99-55-15-14-54-46-132-47-71(80(96)119)106-87(126)70(36-49-10-18-58(113)19-11-49)105-86(125)67(8-4-6-30-93)102-83(122)64(54)38-55/h10-25,37-42,48,50-51,67-68,70-71,78,113-114H,3-9,26-36,43-47,93-94H2,1-2H3,(H2,95,118)(H2,96,119)(H,97,120)(H,98,121)(H,99,116)(H,100,117)(H,102,122)(H,103,127)(H,104,124)(H,105,125)(H,106,126)(H,107,123)(H,128,129)(H,101,108,109,110)/t48-,67-,68-,70-,71-,78-/m0/s1. The molecule has 12 amide bonds. The third-order valence-electron chi connectivity index (χ3n) is 23.5. The maximum absolute atomic E-state index is 14.5. The summed E-state index contributed by atoms with van der Waals surface area (Å²) in [5.41, 5.74) is 25.9. The van der Waals surface area contributed by atoms with Gasteiger partial charge in [0.2, 0.25) is 76.9 Å². The van der Waals surface area contributed by atoms with Crippen molar-refractivity contribution in [1.82, 2.24) is 52.2 Å². The number of carbonyl (C=O) groups is 13. The molecule has 1 aliphatic carbocycles. The van der Waals surface area contributed by atoms with Crippen LogP contribution in [0.15, 0.2) is 143 Å². The van der Waals surface area contributed by atoms with Crippen LogP contribution < -0.4 is 101 Å². The van der Waals surface area contributed by atoms with Crippen molar-refractivity contribution in [3.05, 3.63) is 183 Å². The first-order chi connectivity index (χ1) is 63.5. The fourth-order valence-corrected chi connectivity index (χ4v) is 17.1. The molecule has 22 N–H and O–H groups in total. The SMILES string of the molecule is CC[C@H](C)[C@@H]1NC(=O)c2cc(NC(=O)CNC(=O)C3CCN(c4nc(Nc5ccc(-c6c7ccc(=O)cc-7oc7cc(O)ccc67)c(C(=O)O)c5)nc(N5CCC(C(=O)NCC(=O)Nc6ccc7c(c6)C(=O)N[C@@H](CCCCN)C(=O)N[C@@H](Cc6ccc(O)cc6)C(=O)N[C@H](C(N)=O)CSC7)CC5)n4)CC3)ccc2OCc2ccc(C(N)=O)cc2NC(=O)[C@H](CCCCN)NC1=O. The number of carbonyl (C=O) groups excluding carboxylic acids is 12. The number of aromatic hydroxyl groups is 2. The highest BCUT2D eigenvalue weighted by Gasteiger charge is 2.37. The monoisotopic (exact) mass is 1820 g/mol. The molecule has 40 heteroatoms. The average molecular weight is 1830 g/mol. The van der Waals surface area contributed by atoms with Crippen molar-refractivity contribution >= 4 is 140 Å². The van der Waals surface area contributed by atoms with Gasteiger partial charge >= 0.3 is 5.97 Å². The van der Waals surface area contributed by atoms with Crippen LogP contribution in [0.2, 0.25) is 0 Å². The van der Waals surface area contributed by atoms with E-state index in [0.717, 1.165) is 0 Å². The largest absolute Gasteiger partial charge is 0.508 e. The molecular formula is C92H104N20O19S. The molecule has 2 fully saturated rings. The number of nitrogens with zero attached hydrogens (tertiary/aromatic N) is 5. The van der Waals surface area contributed by atoms with Crippen molar-refractivity contribution in [2.24, 2.45) is 40.7 Å². The Hall–Kier alpha value is -14.8. The zero-order valence-electron chi connectivity index (χ0n) is 72.4. The highest BCUT2D eigenvalue weighted by molar-refractivity contribution is 7.98. The van der Waals surface area contributed by atoms with Crippen LogP contribution in [0, 0.1) is 17.8 Å². The van der Waals surface area contributed by atoms with E-state index >= 15 is 0 Å². The third-order valence-corrected chi connectivity index (χ3v) is 24.6. The summed E-state index contributed by atoms with van der Waals surface area (Å²) in [4.78, 5) is 211. The maximum atomic E-state index is 14.5. The van der Waals surface area contributed by atoms with E-state index < -0.39 is 138 Å². The number of nitrogens with two attached hydrogens (primary N) is 4. The predicted molar refractivity (Wildman–Crippen MR) is 491 cm³/mol. The van der Waals surface area contributed by atoms with E-state index in [0.29, 0.717) is 78.4 Å². The summed E-state index contributed by atoms with van der Waals surface area (Å²) in [5.74, 6) is -10.4. The summed E-state index contributed by atoms with van der Waals surface area (Å²) < 4.78 is 12.3. The zero-order valence-corrected chi connectivity index (χ0v) is 73.2. The van der Waals surface area contributed by atoms with Crippen LogP contribution >= 0.6 is 11.8 Å². The van der Waals surface area contributed by atoms with Gasteiger partial charge in [0.1, 0.15) is 65.4 Å². The van der Waals surface area contributed by atoms with Crippen LogP contribution in [-0.2, 0) is 61.9 Å². The highest BCUT2D eigenvalue weighted by atomic mass is 32.2. The number of unbranched alkanes of at least 4 members (excludes halogenated alkanes) is 2. The number of nitrogens with one attached hydrogen (secondary N) is 11. The van der Waals surface area contributed by atoms with Gasteiger partial charge in [-0.15, -0.1) is 0 Å². The minimum absolute atomic E-state index is 0.0205. The van der Waals surface area contributed by atoms with Crippen molar-refractivity contribution in [3.8, 4) is 39.7 Å². The van der Waals surface area contributed by atoms with Gasteiger partial charge in [0.25, 0.3) is 11.8 Å². The number of benzene rings is 7. The van der Waals surface area contributed by atoms with Crippen LogP contribution in [0.5, 0.6) is 17.2 Å². The molecule has 2 saturated heterocycles. The molecule has 13 rings (SSSR count). The molecule has 1 aromatic heterocycles. The summed E-state index contributed by atoms with van der Waals surface area (Å²) in [6, 6.07) is 26.5. The number of hydrogen-bond donors (Lipinski definition) is 18. The topological polar surface area (TPSA) is 604 Å². The quantitative estimate of drug-likeness (QED) is 0.0224. The van der Waals surface area contributed by atoms with E-state index in [2.05, 4.69) is 58.5 Å². The normalized spacial score (nSPS) is 18.1. The average Bonchev–Trinajstić information content (AvgIpc) is 0.744. The van der Waals surface area contributed by atoms with Gasteiger partial charge in [0, 0.05) is 124 Å². The van der Waals surface area contributed by atoms with Crippen LogP contribution in [0.25, 0.3) is 33.4 Å². The number of ether oxygens (including phenoxy) is 1. The van der Waals surface area contributed by atoms with E-state index in [1.165, 1.54) is 103 Å². The van der Waals surface area contributed by atoms with Crippen molar-refractivity contribution in [3.63, 3.8) is 0 Å². The number of primary amides is 2. The predicted octanol–water partition coefficient (Wildman–Crippen LogP) is 5.11. The lowest BCUT2D eigenvalue weighted by molar-refractivity contribution is -0.131. The van der Waals surface area contributed by atoms with E-state index in [-0.39, 0.29) is 192 Å². The Balaban J connectivity index is 0.688. The first-order valence-corrected chi connectivity index (χ1v) is 44.6. The lowest BCUT2D eigenvalue weighted by Gasteiger charge is -2.34. The number of aromatic carboxylic acids is 1. The summed E-state index contributed by atoms with van der Waals surface area (Å²) in [5, 5.41) is 62.7. The Morgan fingerprint density at radius 3 is 1.78 bits per heavy atom. The molecule has 0 bridgehead atoms. The van der Waals surface area contributed by atoms with E-state index in [4.69, 9.17) is 47.0 Å². The lowest BCUT2D eigenvalue weighted by atomic mass is 9.90. The number of rotatable bonds is 28. The van der Waals surface area contributed by atoms with E-state index in [1.54, 1.807) is 49.4 Å². The van der Waals surface area contributed by atoms with Gasteiger partial charge in [-0.25, -0.2) is 4.79 Å². The second-order valence-electron chi connectivity index (χ2n) is 32.8. The molecule has 6 atom stereocenters. The highest BCUT2D eigenvalue weighted by Crippen LogP contribution is 2.43. The Morgan fingerprint density at radius 1 is 0.576 bits per heavy atom. The summed E-state index contributed by atoms with van der Waals surface area (Å²) in [7, 11) is 0. The van der Waals surface area contributed by atoms with Crippen LogP contribution in [-0.4, -0.2) is 195 Å². The third kappa shape index (κ3) is 24.0. The van der Waals surface area contributed by atoms with Gasteiger partial charge in [-0.1, -0.05) is 50.6 Å². The Kier molecular flexibility index (Phi) is 31.3. The van der Waals surface area contributed by atoms with Crippen molar-refractivity contribution in [1.29, 1.82) is 0 Å². The molecule has 6 aliphatic rings. The van der Waals surface area contributed by atoms with E-state index in [9.17, 15) is 82.4 Å². The van der Waals surface area contributed by atoms with Crippen molar-refractivity contribution in [2.75, 3.05) is 89.2 Å². The summed E-state index contributed by atoms with van der Waals surface area (Å²) in [6.45, 7) is 3.89. The van der Waals surface area contributed by atoms with Crippen LogP contribution in [0.3, 0.4) is 0 Å². The molecule has 132 heavy (non-hydrogen) atoms. The number of carboxylic acid groups (broad SMARTS) is 1. The Bertz CT molecular complexity index is 5920. The number of aromatic nitrogens is 3.